The minimum Gasteiger partial charge on any atom is -0.395 e. The average Bonchev–Trinajstić information content (AvgIpc) is 2.47. The molecule has 0 aliphatic carbocycles. The zero-order valence-corrected chi connectivity index (χ0v) is 11.9. The highest BCUT2D eigenvalue weighted by atomic mass is 16.5. The van der Waals surface area contributed by atoms with Crippen molar-refractivity contribution in [1.29, 1.82) is 0 Å². The highest BCUT2D eigenvalue weighted by molar-refractivity contribution is 5.94. The number of amides is 1. The molecule has 1 N–H and O–H groups in total. The second kappa shape index (κ2) is 9.08. The molecule has 0 aliphatic rings. The van der Waals surface area contributed by atoms with Crippen LogP contribution in [0.25, 0.3) is 0 Å². The van der Waals surface area contributed by atoms with E-state index in [0.29, 0.717) is 30.8 Å². The molecular formula is C15H20N2O3. The summed E-state index contributed by atoms with van der Waals surface area (Å²) < 4.78 is 4.97. The Morgan fingerprint density at radius 1 is 1.55 bits per heavy atom. The Morgan fingerprint density at radius 2 is 2.35 bits per heavy atom. The van der Waals surface area contributed by atoms with Gasteiger partial charge in [0.05, 0.1) is 12.2 Å². The summed E-state index contributed by atoms with van der Waals surface area (Å²) in [6.45, 7) is 1.23. The summed E-state index contributed by atoms with van der Waals surface area (Å²) in [5.74, 6) is 5.52. The first kappa shape index (κ1) is 16.2. The van der Waals surface area contributed by atoms with Crippen LogP contribution in [0.3, 0.4) is 0 Å². The van der Waals surface area contributed by atoms with Crippen LogP contribution in [0.4, 0.5) is 0 Å². The van der Waals surface area contributed by atoms with Crippen molar-refractivity contribution in [2.45, 2.75) is 12.8 Å². The molecule has 108 valence electrons. The van der Waals surface area contributed by atoms with E-state index in [0.717, 1.165) is 6.42 Å². The van der Waals surface area contributed by atoms with Crippen molar-refractivity contribution in [2.24, 2.45) is 0 Å². The number of carbonyl (C=O) groups is 1. The van der Waals surface area contributed by atoms with Gasteiger partial charge < -0.3 is 14.7 Å². The van der Waals surface area contributed by atoms with Gasteiger partial charge in [0.2, 0.25) is 0 Å². The zero-order valence-electron chi connectivity index (χ0n) is 11.9. The van der Waals surface area contributed by atoms with Gasteiger partial charge in [0, 0.05) is 39.9 Å². The molecule has 0 radical (unpaired) electrons. The van der Waals surface area contributed by atoms with Crippen LogP contribution in [-0.2, 0) is 4.74 Å². The summed E-state index contributed by atoms with van der Waals surface area (Å²) in [5, 5.41) is 8.73. The minimum absolute atomic E-state index is 0.00740. The first-order valence-electron chi connectivity index (χ1n) is 6.50. The van der Waals surface area contributed by atoms with Crippen LogP contribution in [0.1, 0.15) is 28.9 Å². The Labute approximate surface area is 119 Å². The molecule has 5 heteroatoms. The molecular weight excluding hydrogens is 256 g/mol. The van der Waals surface area contributed by atoms with Gasteiger partial charge in [-0.25, -0.2) is 4.98 Å². The standard InChI is InChI=1S/C15H20N2O3/c1-17(10-6-12-20-2)15(19)14-13(7-3-4-11-18)8-5-9-16-14/h5,8-9,18H,4,6,10-12H2,1-2H3. The molecule has 0 spiro atoms. The smallest absolute Gasteiger partial charge is 0.273 e. The molecule has 1 aromatic rings. The lowest BCUT2D eigenvalue weighted by Gasteiger charge is -2.16. The van der Waals surface area contributed by atoms with E-state index < -0.39 is 0 Å². The molecule has 1 heterocycles. The SMILES string of the molecule is COCCCN(C)C(=O)c1ncccc1C#CCCO. The second-order valence-corrected chi connectivity index (χ2v) is 4.25. The predicted molar refractivity (Wildman–Crippen MR) is 76.3 cm³/mol. The number of aliphatic hydroxyl groups is 1. The number of methoxy groups -OCH3 is 1. The number of aromatic nitrogens is 1. The molecule has 0 aromatic carbocycles. The van der Waals surface area contributed by atoms with Gasteiger partial charge >= 0.3 is 0 Å². The summed E-state index contributed by atoms with van der Waals surface area (Å²) in [4.78, 5) is 18.0. The van der Waals surface area contributed by atoms with Crippen LogP contribution in [0.15, 0.2) is 18.3 Å². The summed E-state index contributed by atoms with van der Waals surface area (Å²) in [6, 6.07) is 3.50. The Balaban J connectivity index is 2.79. The maximum atomic E-state index is 12.3. The van der Waals surface area contributed by atoms with Crippen LogP contribution in [0.2, 0.25) is 0 Å². The maximum Gasteiger partial charge on any atom is 0.273 e. The fourth-order valence-electron chi connectivity index (χ4n) is 1.62. The first-order chi connectivity index (χ1) is 9.70. The van der Waals surface area contributed by atoms with E-state index in [1.807, 2.05) is 0 Å². The highest BCUT2D eigenvalue weighted by Crippen LogP contribution is 2.07. The quantitative estimate of drug-likeness (QED) is 0.620. The molecule has 1 rings (SSSR count). The van der Waals surface area contributed by atoms with Gasteiger partial charge in [0.1, 0.15) is 5.69 Å². The van der Waals surface area contributed by atoms with Gasteiger partial charge in [-0.1, -0.05) is 11.8 Å². The van der Waals surface area contributed by atoms with E-state index >= 15 is 0 Å². The van der Waals surface area contributed by atoms with Crippen LogP contribution in [-0.4, -0.2) is 54.8 Å². The van der Waals surface area contributed by atoms with E-state index in [4.69, 9.17) is 9.84 Å². The molecule has 20 heavy (non-hydrogen) atoms. The molecule has 0 saturated carbocycles. The summed E-state index contributed by atoms with van der Waals surface area (Å²) in [7, 11) is 3.37. The summed E-state index contributed by atoms with van der Waals surface area (Å²) in [6.07, 6.45) is 2.73. The Hall–Kier alpha value is -1.90. The normalized spacial score (nSPS) is 9.75. The topological polar surface area (TPSA) is 62.7 Å². The van der Waals surface area contributed by atoms with E-state index in [1.165, 1.54) is 0 Å². The molecule has 0 bridgehead atoms. The van der Waals surface area contributed by atoms with Crippen LogP contribution < -0.4 is 0 Å². The van der Waals surface area contributed by atoms with Gasteiger partial charge in [0.15, 0.2) is 0 Å². The lowest BCUT2D eigenvalue weighted by Crippen LogP contribution is -2.29. The number of ether oxygens (including phenoxy) is 1. The first-order valence-corrected chi connectivity index (χ1v) is 6.50. The number of pyridine rings is 1. The van der Waals surface area contributed by atoms with Crippen molar-refractivity contribution in [3.05, 3.63) is 29.6 Å². The zero-order chi connectivity index (χ0) is 14.8. The van der Waals surface area contributed by atoms with Gasteiger partial charge in [-0.3, -0.25) is 4.79 Å². The minimum atomic E-state index is -0.157. The third-order valence-corrected chi connectivity index (χ3v) is 2.66. The number of carbonyl (C=O) groups excluding carboxylic acids is 1. The Kier molecular flexibility index (Phi) is 7.33. The van der Waals surface area contributed by atoms with Gasteiger partial charge in [-0.15, -0.1) is 0 Å². The second-order valence-electron chi connectivity index (χ2n) is 4.25. The van der Waals surface area contributed by atoms with Crippen LogP contribution >= 0.6 is 0 Å². The number of aliphatic hydroxyl groups excluding tert-OH is 1. The Bertz CT molecular complexity index is 491. The molecule has 1 aromatic heterocycles. The van der Waals surface area contributed by atoms with E-state index in [2.05, 4.69) is 16.8 Å². The fraction of sp³-hybridized carbons (Fsp3) is 0.467. The van der Waals surface area contributed by atoms with Crippen LogP contribution in [0, 0.1) is 11.8 Å². The van der Waals surface area contributed by atoms with Crippen LogP contribution in [0.5, 0.6) is 0 Å². The largest absolute Gasteiger partial charge is 0.395 e. The lowest BCUT2D eigenvalue weighted by atomic mass is 10.1. The summed E-state index contributed by atoms with van der Waals surface area (Å²) in [5.41, 5.74) is 0.933. The fourth-order valence-corrected chi connectivity index (χ4v) is 1.62. The maximum absolute atomic E-state index is 12.3. The van der Waals surface area contributed by atoms with Crippen molar-refractivity contribution in [3.63, 3.8) is 0 Å². The molecule has 1 amide bonds. The molecule has 0 atom stereocenters. The Morgan fingerprint density at radius 3 is 3.05 bits per heavy atom. The highest BCUT2D eigenvalue weighted by Gasteiger charge is 2.15. The molecule has 0 unspecified atom stereocenters. The number of hydrogen-bond donors (Lipinski definition) is 1. The third-order valence-electron chi connectivity index (χ3n) is 2.66. The molecule has 0 aliphatic heterocycles. The monoisotopic (exact) mass is 276 g/mol. The van der Waals surface area contributed by atoms with Crippen molar-refractivity contribution >= 4 is 5.91 Å². The lowest BCUT2D eigenvalue weighted by molar-refractivity contribution is 0.0773. The van der Waals surface area contributed by atoms with Gasteiger partial charge in [0.25, 0.3) is 5.91 Å². The van der Waals surface area contributed by atoms with Gasteiger partial charge in [-0.05, 0) is 18.6 Å². The van der Waals surface area contributed by atoms with E-state index in [9.17, 15) is 4.79 Å². The average molecular weight is 276 g/mol. The predicted octanol–water partition coefficient (Wildman–Crippen LogP) is 0.924. The van der Waals surface area contributed by atoms with E-state index in [1.54, 1.807) is 37.4 Å². The number of hydrogen-bond acceptors (Lipinski definition) is 4. The van der Waals surface area contributed by atoms with E-state index in [-0.39, 0.29) is 12.5 Å². The van der Waals surface area contributed by atoms with Crippen molar-refractivity contribution < 1.29 is 14.6 Å². The number of rotatable bonds is 6. The molecule has 5 nitrogen and oxygen atoms in total. The molecule has 0 saturated heterocycles. The molecule has 0 fully saturated rings. The van der Waals surface area contributed by atoms with Crippen molar-refractivity contribution in [3.8, 4) is 11.8 Å². The van der Waals surface area contributed by atoms with Crippen molar-refractivity contribution in [1.82, 2.24) is 9.88 Å². The van der Waals surface area contributed by atoms with Gasteiger partial charge in [-0.2, -0.15) is 0 Å². The number of nitrogens with zero attached hydrogens (tertiary/aromatic N) is 2. The van der Waals surface area contributed by atoms with Crippen molar-refractivity contribution in [2.75, 3.05) is 33.9 Å². The third kappa shape index (κ3) is 5.00. The summed E-state index contributed by atoms with van der Waals surface area (Å²) >= 11 is 0.